The molecule has 3 nitrogen and oxygen atoms in total. The van der Waals surface area contributed by atoms with Crippen LogP contribution in [0.15, 0.2) is 52.9 Å². The maximum Gasteiger partial charge on any atom is 0.139 e. The van der Waals surface area contributed by atoms with Crippen molar-refractivity contribution in [2.24, 2.45) is 0 Å². The number of para-hydroxylation sites is 2. The third kappa shape index (κ3) is 2.42. The second-order valence-electron chi connectivity index (χ2n) is 10.3. The molecule has 6 rings (SSSR count). The van der Waals surface area contributed by atoms with Gasteiger partial charge in [-0.05, 0) is 40.7 Å². The third-order valence-electron chi connectivity index (χ3n) is 7.17. The van der Waals surface area contributed by atoms with Gasteiger partial charge in [0.05, 0.1) is 22.4 Å². The van der Waals surface area contributed by atoms with E-state index in [9.17, 15) is 0 Å². The van der Waals surface area contributed by atoms with Crippen molar-refractivity contribution in [2.75, 3.05) is 0 Å². The summed E-state index contributed by atoms with van der Waals surface area (Å²) in [4.78, 5) is 10.4. The van der Waals surface area contributed by atoms with Crippen molar-refractivity contribution in [1.29, 1.82) is 0 Å². The minimum Gasteiger partial charge on any atom is -0.455 e. The molecule has 0 saturated carbocycles. The van der Waals surface area contributed by atoms with Crippen LogP contribution in [0.4, 0.5) is 0 Å². The monoisotopic (exact) mass is 420 g/mol. The van der Waals surface area contributed by atoms with Crippen molar-refractivity contribution < 1.29 is 4.42 Å². The molecule has 0 N–H and O–H groups in total. The number of fused-ring (bicyclic) bond motifs is 3. The van der Waals surface area contributed by atoms with E-state index >= 15 is 0 Å². The molecule has 1 aliphatic rings. The molecule has 0 unspecified atom stereocenters. The highest BCUT2D eigenvalue weighted by molar-refractivity contribution is 6.17. The lowest BCUT2D eigenvalue weighted by molar-refractivity contribution is 0.619. The first kappa shape index (κ1) is 19.5. The van der Waals surface area contributed by atoms with E-state index in [-0.39, 0.29) is 5.41 Å². The summed E-state index contributed by atoms with van der Waals surface area (Å²) < 4.78 is 6.74. The summed E-state index contributed by atoms with van der Waals surface area (Å²) in [5, 5.41) is 2.43. The van der Waals surface area contributed by atoms with Crippen molar-refractivity contribution in [1.82, 2.24) is 9.97 Å². The van der Waals surface area contributed by atoms with Gasteiger partial charge in [0.25, 0.3) is 0 Å². The maximum absolute atomic E-state index is 6.74. The first-order valence-electron chi connectivity index (χ1n) is 11.6. The number of rotatable bonds is 2. The molecule has 0 bridgehead atoms. The summed E-state index contributed by atoms with van der Waals surface area (Å²) in [6, 6.07) is 17.2. The Labute approximate surface area is 188 Å². The van der Waals surface area contributed by atoms with E-state index < -0.39 is 0 Å². The van der Waals surface area contributed by atoms with Crippen molar-refractivity contribution >= 4 is 33.0 Å². The summed E-state index contributed by atoms with van der Waals surface area (Å²) in [5.41, 5.74) is 10.5. The highest BCUT2D eigenvalue weighted by Gasteiger charge is 2.37. The van der Waals surface area contributed by atoms with Crippen LogP contribution in [0.1, 0.15) is 75.8 Å². The van der Waals surface area contributed by atoms with E-state index in [1.807, 2.05) is 12.1 Å². The topological polar surface area (TPSA) is 38.9 Å². The van der Waals surface area contributed by atoms with Crippen LogP contribution in [0.2, 0.25) is 0 Å². The fourth-order valence-corrected chi connectivity index (χ4v) is 5.39. The lowest BCUT2D eigenvalue weighted by atomic mass is 9.78. The normalized spacial score (nSPS) is 14.8. The molecule has 160 valence electrons. The molecule has 3 aromatic carbocycles. The van der Waals surface area contributed by atoms with Crippen molar-refractivity contribution in [3.8, 4) is 11.3 Å². The van der Waals surface area contributed by atoms with Crippen molar-refractivity contribution in [3.63, 3.8) is 0 Å². The van der Waals surface area contributed by atoms with Crippen LogP contribution in [0.3, 0.4) is 0 Å². The molecule has 0 fully saturated rings. The number of aromatic nitrogens is 2. The quantitative estimate of drug-likeness (QED) is 0.290. The van der Waals surface area contributed by atoms with Crippen LogP contribution in [-0.4, -0.2) is 9.97 Å². The fourth-order valence-electron chi connectivity index (χ4n) is 5.39. The highest BCUT2D eigenvalue weighted by atomic mass is 16.3. The molecule has 1 aliphatic carbocycles. The van der Waals surface area contributed by atoms with Gasteiger partial charge in [0.1, 0.15) is 11.2 Å². The molecule has 0 radical (unpaired) electrons. The zero-order valence-corrected chi connectivity index (χ0v) is 19.6. The molecule has 2 heterocycles. The highest BCUT2D eigenvalue weighted by Crippen LogP contribution is 2.51. The van der Waals surface area contributed by atoms with Gasteiger partial charge in [-0.2, -0.15) is 0 Å². The SMILES string of the molecule is CC(C)c1ccc2c3c1oc1c(C(C)C)ccc(c13)C(C)(C)c1nc3ccccc3nc1-2. The first-order valence-corrected chi connectivity index (χ1v) is 11.6. The molecule has 32 heavy (non-hydrogen) atoms. The Kier molecular flexibility index (Phi) is 3.90. The van der Waals surface area contributed by atoms with Crippen LogP contribution in [0.25, 0.3) is 44.2 Å². The van der Waals surface area contributed by atoms with E-state index in [1.54, 1.807) is 0 Å². The van der Waals surface area contributed by atoms with Crippen molar-refractivity contribution in [2.45, 2.75) is 58.8 Å². The van der Waals surface area contributed by atoms with Crippen LogP contribution >= 0.6 is 0 Å². The van der Waals surface area contributed by atoms with Gasteiger partial charge in [-0.3, -0.25) is 0 Å². The smallest absolute Gasteiger partial charge is 0.139 e. The minimum absolute atomic E-state index is 0.312. The van der Waals surface area contributed by atoms with Crippen LogP contribution in [-0.2, 0) is 5.41 Å². The van der Waals surface area contributed by atoms with Crippen molar-refractivity contribution in [3.05, 3.63) is 70.9 Å². The Balaban J connectivity index is 1.89. The zero-order valence-electron chi connectivity index (χ0n) is 19.6. The average molecular weight is 421 g/mol. The Morgan fingerprint density at radius 1 is 0.719 bits per heavy atom. The molecule has 0 saturated heterocycles. The van der Waals surface area contributed by atoms with Gasteiger partial charge in [-0.1, -0.05) is 77.9 Å². The Morgan fingerprint density at radius 2 is 1.31 bits per heavy atom. The lowest BCUT2D eigenvalue weighted by Gasteiger charge is -2.27. The van der Waals surface area contributed by atoms with Gasteiger partial charge in [0.2, 0.25) is 0 Å². The Morgan fingerprint density at radius 3 is 1.97 bits per heavy atom. The number of furan rings is 1. The molecular formula is C29H28N2O. The van der Waals surface area contributed by atoms with Gasteiger partial charge >= 0.3 is 0 Å². The largest absolute Gasteiger partial charge is 0.455 e. The van der Waals surface area contributed by atoms with E-state index in [0.717, 1.165) is 39.2 Å². The van der Waals surface area contributed by atoms with Gasteiger partial charge in [-0.25, -0.2) is 9.97 Å². The van der Waals surface area contributed by atoms with Gasteiger partial charge in [-0.15, -0.1) is 0 Å². The van der Waals surface area contributed by atoms with E-state index in [0.29, 0.717) is 11.8 Å². The summed E-state index contributed by atoms with van der Waals surface area (Å²) in [5.74, 6) is 0.747. The molecule has 0 amide bonds. The molecule has 0 spiro atoms. The molecule has 3 heteroatoms. The summed E-state index contributed by atoms with van der Waals surface area (Å²) in [6.45, 7) is 13.5. The predicted octanol–water partition coefficient (Wildman–Crippen LogP) is 8.08. The van der Waals surface area contributed by atoms with Gasteiger partial charge < -0.3 is 4.42 Å². The average Bonchev–Trinajstić information content (AvgIpc) is 3.13. The first-order chi connectivity index (χ1) is 15.3. The minimum atomic E-state index is -0.312. The Hall–Kier alpha value is -3.20. The molecule has 2 aromatic heterocycles. The lowest BCUT2D eigenvalue weighted by Crippen LogP contribution is -2.22. The van der Waals surface area contributed by atoms with Crippen LogP contribution < -0.4 is 0 Å². The number of hydrogen-bond acceptors (Lipinski definition) is 3. The van der Waals surface area contributed by atoms with Gasteiger partial charge in [0.15, 0.2) is 0 Å². The molecule has 5 aromatic rings. The van der Waals surface area contributed by atoms with Crippen LogP contribution in [0.5, 0.6) is 0 Å². The number of hydrogen-bond donors (Lipinski definition) is 0. The number of benzene rings is 3. The summed E-state index contributed by atoms with van der Waals surface area (Å²) in [6.07, 6.45) is 0. The fraction of sp³-hybridized carbons (Fsp3) is 0.310. The Bertz CT molecular complexity index is 1550. The zero-order chi connectivity index (χ0) is 22.4. The standard InChI is InChI=1S/C29H28N2O/c1-15(2)17-11-12-19-23-24-20(14-13-18(16(3)4)27(24)32-26(17)23)29(5,6)28-25(19)30-21-9-7-8-10-22(21)31-28/h7-16H,1-6H3. The molecule has 0 atom stereocenters. The summed E-state index contributed by atoms with van der Waals surface area (Å²) >= 11 is 0. The van der Waals surface area contributed by atoms with E-state index in [2.05, 4.69) is 77.9 Å². The predicted molar refractivity (Wildman–Crippen MR) is 133 cm³/mol. The van der Waals surface area contributed by atoms with Crippen LogP contribution in [0, 0.1) is 0 Å². The molecule has 0 aliphatic heterocycles. The van der Waals surface area contributed by atoms with E-state index in [1.165, 1.54) is 27.5 Å². The third-order valence-corrected chi connectivity index (χ3v) is 7.17. The summed E-state index contributed by atoms with van der Waals surface area (Å²) in [7, 11) is 0. The van der Waals surface area contributed by atoms with E-state index in [4.69, 9.17) is 14.4 Å². The number of nitrogens with zero attached hydrogens (tertiary/aromatic N) is 2. The maximum atomic E-state index is 6.74. The van der Waals surface area contributed by atoms with Gasteiger partial charge in [0, 0.05) is 21.8 Å². The second-order valence-corrected chi connectivity index (χ2v) is 10.3. The molecular weight excluding hydrogens is 392 g/mol. The second kappa shape index (κ2) is 6.41.